The van der Waals surface area contributed by atoms with Crippen molar-refractivity contribution in [3.05, 3.63) is 33.1 Å². The lowest BCUT2D eigenvalue weighted by atomic mass is 9.99. The summed E-state index contributed by atoms with van der Waals surface area (Å²) in [6.07, 6.45) is 3.49. The number of rotatable bonds is 3. The number of likely N-dealkylation sites (tertiary alicyclic amines) is 1. The molecule has 0 spiro atoms. The van der Waals surface area contributed by atoms with Crippen LogP contribution in [0.4, 0.5) is 5.69 Å². The molecule has 0 amide bonds. The molecule has 0 bridgehead atoms. The van der Waals surface area contributed by atoms with Gasteiger partial charge in [0.2, 0.25) is 0 Å². The highest BCUT2D eigenvalue weighted by atomic mass is 16.6. The van der Waals surface area contributed by atoms with E-state index in [-0.39, 0.29) is 16.5 Å². The SMILES string of the molecule is Cc1cnc(CN2CCCC(C#N)C2)c(C)c1[N+](=O)[O-]. The monoisotopic (exact) mass is 274 g/mol. The van der Waals surface area contributed by atoms with E-state index in [1.165, 1.54) is 0 Å². The van der Waals surface area contributed by atoms with E-state index < -0.39 is 0 Å². The van der Waals surface area contributed by atoms with Crippen molar-refractivity contribution >= 4 is 5.69 Å². The van der Waals surface area contributed by atoms with Crippen LogP contribution in [0.3, 0.4) is 0 Å². The van der Waals surface area contributed by atoms with Gasteiger partial charge in [0.1, 0.15) is 0 Å². The number of piperidine rings is 1. The molecule has 0 N–H and O–H groups in total. The van der Waals surface area contributed by atoms with E-state index in [2.05, 4.69) is 16.0 Å². The Kier molecular flexibility index (Phi) is 4.30. The summed E-state index contributed by atoms with van der Waals surface area (Å²) in [4.78, 5) is 17.3. The third kappa shape index (κ3) is 2.94. The Balaban J connectivity index is 2.20. The number of aromatic nitrogens is 1. The van der Waals surface area contributed by atoms with Crippen molar-refractivity contribution in [2.45, 2.75) is 33.2 Å². The first-order valence-electron chi connectivity index (χ1n) is 6.74. The molecule has 0 aliphatic carbocycles. The topological polar surface area (TPSA) is 83.1 Å². The minimum absolute atomic E-state index is 0.0597. The van der Waals surface area contributed by atoms with Crippen LogP contribution in [0.1, 0.15) is 29.7 Å². The van der Waals surface area contributed by atoms with Gasteiger partial charge in [-0.25, -0.2) is 0 Å². The average Bonchev–Trinajstić information content (AvgIpc) is 2.42. The minimum atomic E-state index is -0.343. The molecule has 1 aromatic rings. The quantitative estimate of drug-likeness (QED) is 0.624. The minimum Gasteiger partial charge on any atom is -0.296 e. The molecule has 1 aliphatic rings. The molecule has 2 rings (SSSR count). The highest BCUT2D eigenvalue weighted by Gasteiger charge is 2.23. The van der Waals surface area contributed by atoms with Gasteiger partial charge in [0, 0.05) is 30.4 Å². The lowest BCUT2D eigenvalue weighted by Crippen LogP contribution is -2.34. The molecule has 6 heteroatoms. The van der Waals surface area contributed by atoms with Crippen LogP contribution in [0.2, 0.25) is 0 Å². The molecule has 0 saturated carbocycles. The Bertz CT molecular complexity index is 565. The summed E-state index contributed by atoms with van der Waals surface area (Å²) in [6, 6.07) is 2.30. The van der Waals surface area contributed by atoms with Crippen molar-refractivity contribution in [1.29, 1.82) is 5.26 Å². The molecule has 0 radical (unpaired) electrons. The number of nitriles is 1. The smallest absolute Gasteiger partial charge is 0.278 e. The number of nitro groups is 1. The molecule has 1 fully saturated rings. The zero-order chi connectivity index (χ0) is 14.7. The number of hydrogen-bond donors (Lipinski definition) is 0. The van der Waals surface area contributed by atoms with Gasteiger partial charge in [-0.2, -0.15) is 5.26 Å². The molecule has 106 valence electrons. The first-order chi connectivity index (χ1) is 9.52. The summed E-state index contributed by atoms with van der Waals surface area (Å²) in [5, 5.41) is 20.1. The van der Waals surface area contributed by atoms with Crippen LogP contribution >= 0.6 is 0 Å². The van der Waals surface area contributed by atoms with Crippen LogP contribution in [0.25, 0.3) is 0 Å². The summed E-state index contributed by atoms with van der Waals surface area (Å²) < 4.78 is 0. The molecule has 1 aromatic heterocycles. The summed E-state index contributed by atoms with van der Waals surface area (Å²) in [6.45, 7) is 5.67. The predicted molar refractivity (Wildman–Crippen MR) is 74.0 cm³/mol. The molecule has 0 aromatic carbocycles. The van der Waals surface area contributed by atoms with E-state index in [1.807, 2.05) is 0 Å². The van der Waals surface area contributed by atoms with E-state index in [9.17, 15) is 10.1 Å². The third-order valence-corrected chi connectivity index (χ3v) is 3.82. The van der Waals surface area contributed by atoms with Gasteiger partial charge < -0.3 is 0 Å². The molecular weight excluding hydrogens is 256 g/mol. The Morgan fingerprint density at radius 3 is 3.00 bits per heavy atom. The van der Waals surface area contributed by atoms with Gasteiger partial charge in [0.25, 0.3) is 5.69 Å². The van der Waals surface area contributed by atoms with E-state index in [0.717, 1.165) is 31.6 Å². The third-order valence-electron chi connectivity index (χ3n) is 3.82. The van der Waals surface area contributed by atoms with Crippen molar-refractivity contribution in [2.75, 3.05) is 13.1 Å². The van der Waals surface area contributed by atoms with Gasteiger partial charge in [0.05, 0.1) is 22.6 Å². The second kappa shape index (κ2) is 5.97. The standard InChI is InChI=1S/C14H18N4O2/c1-10-7-16-13(11(2)14(10)18(19)20)9-17-5-3-4-12(6-15)8-17/h7,12H,3-5,8-9H2,1-2H3. The van der Waals surface area contributed by atoms with Gasteiger partial charge in [-0.05, 0) is 33.2 Å². The number of aryl methyl sites for hydroxylation is 1. The van der Waals surface area contributed by atoms with Gasteiger partial charge >= 0.3 is 0 Å². The lowest BCUT2D eigenvalue weighted by Gasteiger charge is -2.29. The van der Waals surface area contributed by atoms with Crippen molar-refractivity contribution in [3.8, 4) is 6.07 Å². The number of nitrogens with zero attached hydrogens (tertiary/aromatic N) is 4. The Hall–Kier alpha value is -2.00. The van der Waals surface area contributed by atoms with Crippen molar-refractivity contribution in [1.82, 2.24) is 9.88 Å². The fraction of sp³-hybridized carbons (Fsp3) is 0.571. The maximum atomic E-state index is 11.1. The first-order valence-corrected chi connectivity index (χ1v) is 6.74. The second-order valence-electron chi connectivity index (χ2n) is 5.32. The van der Waals surface area contributed by atoms with Crippen molar-refractivity contribution in [2.24, 2.45) is 5.92 Å². The van der Waals surface area contributed by atoms with Crippen LogP contribution < -0.4 is 0 Å². The second-order valence-corrected chi connectivity index (χ2v) is 5.32. The molecule has 6 nitrogen and oxygen atoms in total. The summed E-state index contributed by atoms with van der Waals surface area (Å²) in [5.74, 6) is 0.0597. The Labute approximate surface area is 118 Å². The normalized spacial score (nSPS) is 19.6. The van der Waals surface area contributed by atoms with Crippen LogP contribution in [-0.4, -0.2) is 27.9 Å². The van der Waals surface area contributed by atoms with E-state index >= 15 is 0 Å². The van der Waals surface area contributed by atoms with E-state index in [1.54, 1.807) is 20.0 Å². The molecule has 20 heavy (non-hydrogen) atoms. The van der Waals surface area contributed by atoms with E-state index in [4.69, 9.17) is 5.26 Å². The first kappa shape index (κ1) is 14.4. The highest BCUT2D eigenvalue weighted by molar-refractivity contribution is 5.47. The maximum Gasteiger partial charge on any atom is 0.278 e. The Morgan fingerprint density at radius 2 is 2.35 bits per heavy atom. The molecular formula is C14H18N4O2. The van der Waals surface area contributed by atoms with Crippen molar-refractivity contribution < 1.29 is 4.92 Å². The Morgan fingerprint density at radius 1 is 1.60 bits per heavy atom. The van der Waals surface area contributed by atoms with Crippen LogP contribution in [-0.2, 0) is 6.54 Å². The fourth-order valence-electron chi connectivity index (χ4n) is 2.72. The molecule has 1 saturated heterocycles. The molecule has 1 aliphatic heterocycles. The summed E-state index contributed by atoms with van der Waals surface area (Å²) >= 11 is 0. The summed E-state index contributed by atoms with van der Waals surface area (Å²) in [5.41, 5.74) is 2.11. The van der Waals surface area contributed by atoms with Gasteiger partial charge in [-0.1, -0.05) is 0 Å². The molecule has 2 heterocycles. The van der Waals surface area contributed by atoms with Gasteiger partial charge in [0.15, 0.2) is 0 Å². The summed E-state index contributed by atoms with van der Waals surface area (Å²) in [7, 11) is 0. The van der Waals surface area contributed by atoms with Gasteiger partial charge in [-0.15, -0.1) is 0 Å². The van der Waals surface area contributed by atoms with Crippen molar-refractivity contribution in [3.63, 3.8) is 0 Å². The zero-order valence-corrected chi connectivity index (χ0v) is 11.8. The lowest BCUT2D eigenvalue weighted by molar-refractivity contribution is -0.386. The fourth-order valence-corrected chi connectivity index (χ4v) is 2.72. The van der Waals surface area contributed by atoms with Gasteiger partial charge in [-0.3, -0.25) is 20.0 Å². The van der Waals surface area contributed by atoms with Crippen LogP contribution in [0.15, 0.2) is 6.20 Å². The van der Waals surface area contributed by atoms with Crippen LogP contribution in [0, 0.1) is 41.2 Å². The largest absolute Gasteiger partial charge is 0.296 e. The number of pyridine rings is 1. The predicted octanol–water partition coefficient (Wildman–Crippen LogP) is 2.34. The number of hydrogen-bond acceptors (Lipinski definition) is 5. The average molecular weight is 274 g/mol. The van der Waals surface area contributed by atoms with Crippen LogP contribution in [0.5, 0.6) is 0 Å². The highest BCUT2D eigenvalue weighted by Crippen LogP contribution is 2.26. The molecule has 1 unspecified atom stereocenters. The zero-order valence-electron chi connectivity index (χ0n) is 11.8. The molecule has 1 atom stereocenters. The maximum absolute atomic E-state index is 11.1. The van der Waals surface area contributed by atoms with E-state index in [0.29, 0.717) is 17.7 Å².